The number of hydrogen-bond donors (Lipinski definition) is 0. The third-order valence-corrected chi connectivity index (χ3v) is 2.68. The maximum atomic E-state index is 10.9. The van der Waals surface area contributed by atoms with Crippen LogP contribution in [-0.2, 0) is 4.79 Å². The van der Waals surface area contributed by atoms with Gasteiger partial charge < -0.3 is 0 Å². The third kappa shape index (κ3) is 6.49. The van der Waals surface area contributed by atoms with Gasteiger partial charge in [0.05, 0.1) is 0 Å². The molecule has 0 aliphatic heterocycles. The zero-order valence-corrected chi connectivity index (χ0v) is 8.19. The van der Waals surface area contributed by atoms with Gasteiger partial charge in [-0.15, -0.1) is 0 Å². The molecule has 0 rings (SSSR count). The minimum Gasteiger partial charge on any atom is -0.287 e. The zero-order chi connectivity index (χ0) is 7.82. The van der Waals surface area contributed by atoms with Gasteiger partial charge in [0.25, 0.3) is 0 Å². The summed E-state index contributed by atoms with van der Waals surface area (Å²) in [7, 11) is 0. The molecule has 0 aromatic heterocycles. The smallest absolute Gasteiger partial charge is 0.189 e. The SMILES string of the molecule is CCSCCC(=O)SCC. The molecule has 0 fully saturated rings. The first kappa shape index (κ1) is 10.4. The Hall–Kier alpha value is 0.370. The molecule has 10 heavy (non-hydrogen) atoms. The van der Waals surface area contributed by atoms with Gasteiger partial charge in [0.15, 0.2) is 5.12 Å². The monoisotopic (exact) mass is 178 g/mol. The molecule has 60 valence electrons. The predicted octanol–water partition coefficient (Wildman–Crippen LogP) is 2.41. The van der Waals surface area contributed by atoms with E-state index in [0.29, 0.717) is 5.12 Å². The summed E-state index contributed by atoms with van der Waals surface area (Å²) in [5.41, 5.74) is 0. The second-order valence-electron chi connectivity index (χ2n) is 1.75. The largest absolute Gasteiger partial charge is 0.287 e. The van der Waals surface area contributed by atoms with Crippen molar-refractivity contribution in [2.24, 2.45) is 0 Å². The average molecular weight is 178 g/mol. The minimum absolute atomic E-state index is 0.337. The summed E-state index contributed by atoms with van der Waals surface area (Å²) in [5.74, 6) is 3.02. The molecule has 0 aliphatic carbocycles. The maximum Gasteiger partial charge on any atom is 0.189 e. The lowest BCUT2D eigenvalue weighted by molar-refractivity contribution is -0.110. The van der Waals surface area contributed by atoms with E-state index in [2.05, 4.69) is 6.92 Å². The van der Waals surface area contributed by atoms with E-state index < -0.39 is 0 Å². The number of carbonyl (C=O) groups is 1. The summed E-state index contributed by atoms with van der Waals surface area (Å²) in [6, 6.07) is 0. The molecule has 0 saturated carbocycles. The Labute approximate surface area is 71.3 Å². The van der Waals surface area contributed by atoms with Crippen molar-refractivity contribution in [3.63, 3.8) is 0 Å². The van der Waals surface area contributed by atoms with Gasteiger partial charge in [-0.1, -0.05) is 25.6 Å². The van der Waals surface area contributed by atoms with E-state index >= 15 is 0 Å². The van der Waals surface area contributed by atoms with Crippen LogP contribution in [0.1, 0.15) is 20.3 Å². The molecule has 0 spiro atoms. The molecule has 3 heteroatoms. The standard InChI is InChI=1S/C7H14OS2/c1-3-9-6-5-7(8)10-4-2/h3-6H2,1-2H3. The lowest BCUT2D eigenvalue weighted by Gasteiger charge is -1.95. The first-order chi connectivity index (χ1) is 4.81. The Morgan fingerprint density at radius 2 is 2.00 bits per heavy atom. The van der Waals surface area contributed by atoms with Gasteiger partial charge in [0.1, 0.15) is 0 Å². The van der Waals surface area contributed by atoms with Crippen molar-refractivity contribution in [2.75, 3.05) is 17.3 Å². The van der Waals surface area contributed by atoms with Crippen molar-refractivity contribution in [1.82, 2.24) is 0 Å². The van der Waals surface area contributed by atoms with E-state index in [4.69, 9.17) is 0 Å². The molecular weight excluding hydrogens is 164 g/mol. The van der Waals surface area contributed by atoms with E-state index in [9.17, 15) is 4.79 Å². The van der Waals surface area contributed by atoms with Crippen LogP contribution in [0.5, 0.6) is 0 Å². The van der Waals surface area contributed by atoms with Gasteiger partial charge >= 0.3 is 0 Å². The molecule has 0 aliphatic rings. The molecule has 0 atom stereocenters. The lowest BCUT2D eigenvalue weighted by Crippen LogP contribution is -1.93. The fraction of sp³-hybridized carbons (Fsp3) is 0.857. The normalized spacial score (nSPS) is 9.80. The molecule has 0 bridgehead atoms. The molecule has 0 unspecified atom stereocenters. The first-order valence-corrected chi connectivity index (χ1v) is 5.68. The van der Waals surface area contributed by atoms with E-state index in [0.717, 1.165) is 23.7 Å². The van der Waals surface area contributed by atoms with Gasteiger partial charge in [0, 0.05) is 12.2 Å². The highest BCUT2D eigenvalue weighted by Gasteiger charge is 1.98. The molecule has 1 nitrogen and oxygen atoms in total. The quantitative estimate of drug-likeness (QED) is 0.602. The van der Waals surface area contributed by atoms with Crippen molar-refractivity contribution in [2.45, 2.75) is 20.3 Å². The van der Waals surface area contributed by atoms with Crippen LogP contribution in [0.25, 0.3) is 0 Å². The van der Waals surface area contributed by atoms with Crippen LogP contribution in [0.3, 0.4) is 0 Å². The van der Waals surface area contributed by atoms with E-state index in [1.807, 2.05) is 18.7 Å². The predicted molar refractivity (Wildman–Crippen MR) is 50.8 cm³/mol. The second kappa shape index (κ2) is 7.48. The summed E-state index contributed by atoms with van der Waals surface area (Å²) in [5, 5.41) is 0.337. The summed E-state index contributed by atoms with van der Waals surface area (Å²) in [6.07, 6.45) is 0.733. The summed E-state index contributed by atoms with van der Waals surface area (Å²) < 4.78 is 0. The molecular formula is C7H14OS2. The van der Waals surface area contributed by atoms with Gasteiger partial charge in [0.2, 0.25) is 0 Å². The fourth-order valence-corrected chi connectivity index (χ4v) is 1.85. The van der Waals surface area contributed by atoms with E-state index in [-0.39, 0.29) is 0 Å². The fourth-order valence-electron chi connectivity index (χ4n) is 0.533. The number of thioether (sulfide) groups is 2. The molecule has 0 radical (unpaired) electrons. The minimum atomic E-state index is 0.337. The number of carbonyl (C=O) groups excluding carboxylic acids is 1. The molecule has 0 aromatic carbocycles. The zero-order valence-electron chi connectivity index (χ0n) is 6.55. The molecule has 0 N–H and O–H groups in total. The third-order valence-electron chi connectivity index (χ3n) is 0.960. The highest BCUT2D eigenvalue weighted by molar-refractivity contribution is 8.13. The Morgan fingerprint density at radius 3 is 2.50 bits per heavy atom. The van der Waals surface area contributed by atoms with Crippen LogP contribution in [0.15, 0.2) is 0 Å². The van der Waals surface area contributed by atoms with Gasteiger partial charge in [-0.25, -0.2) is 0 Å². The number of hydrogen-bond acceptors (Lipinski definition) is 3. The van der Waals surface area contributed by atoms with Crippen molar-refractivity contribution >= 4 is 28.6 Å². The van der Waals surface area contributed by atoms with Crippen molar-refractivity contribution in [3.05, 3.63) is 0 Å². The van der Waals surface area contributed by atoms with Crippen molar-refractivity contribution in [1.29, 1.82) is 0 Å². The molecule has 0 heterocycles. The lowest BCUT2D eigenvalue weighted by atomic mass is 10.5. The first-order valence-electron chi connectivity index (χ1n) is 3.54. The Balaban J connectivity index is 3.05. The van der Waals surface area contributed by atoms with Gasteiger partial charge in [-0.05, 0) is 11.5 Å². The summed E-state index contributed by atoms with van der Waals surface area (Å²) in [6.45, 7) is 4.12. The van der Waals surface area contributed by atoms with Gasteiger partial charge in [-0.3, -0.25) is 4.79 Å². The van der Waals surface area contributed by atoms with Crippen molar-refractivity contribution < 1.29 is 4.79 Å². The Morgan fingerprint density at radius 1 is 1.30 bits per heavy atom. The topological polar surface area (TPSA) is 17.1 Å². The summed E-state index contributed by atoms with van der Waals surface area (Å²) >= 11 is 3.26. The molecule has 0 amide bonds. The highest BCUT2D eigenvalue weighted by atomic mass is 32.2. The van der Waals surface area contributed by atoms with Crippen LogP contribution < -0.4 is 0 Å². The van der Waals surface area contributed by atoms with Crippen LogP contribution in [0.4, 0.5) is 0 Å². The van der Waals surface area contributed by atoms with Crippen LogP contribution in [0.2, 0.25) is 0 Å². The van der Waals surface area contributed by atoms with Crippen LogP contribution in [0, 0.1) is 0 Å². The number of rotatable bonds is 5. The Bertz CT molecular complexity index is 93.6. The molecule has 0 aromatic rings. The van der Waals surface area contributed by atoms with E-state index in [1.165, 1.54) is 11.8 Å². The van der Waals surface area contributed by atoms with E-state index in [1.54, 1.807) is 0 Å². The van der Waals surface area contributed by atoms with Gasteiger partial charge in [-0.2, -0.15) is 11.8 Å². The second-order valence-corrected chi connectivity index (χ2v) is 4.47. The average Bonchev–Trinajstić information content (AvgIpc) is 1.89. The maximum absolute atomic E-state index is 10.9. The highest BCUT2D eigenvalue weighted by Crippen LogP contribution is 2.08. The van der Waals surface area contributed by atoms with Crippen LogP contribution in [-0.4, -0.2) is 22.4 Å². The summed E-state index contributed by atoms with van der Waals surface area (Å²) in [4.78, 5) is 10.9. The Kier molecular flexibility index (Phi) is 7.75. The van der Waals surface area contributed by atoms with Crippen molar-refractivity contribution in [3.8, 4) is 0 Å². The van der Waals surface area contributed by atoms with Crippen LogP contribution >= 0.6 is 23.5 Å². The molecule has 0 saturated heterocycles.